The van der Waals surface area contributed by atoms with Crippen molar-refractivity contribution in [3.8, 4) is 39.8 Å². The summed E-state index contributed by atoms with van der Waals surface area (Å²) in [5.41, 5.74) is 1.54. The van der Waals surface area contributed by atoms with E-state index >= 15 is 0 Å². The molecular weight excluding hydrogens is 537 g/mol. The quantitative estimate of drug-likeness (QED) is 0.163. The fourth-order valence-electron chi connectivity index (χ4n) is 3.98. The number of nitrogens with one attached hydrogen (secondary N) is 1. The second kappa shape index (κ2) is 11.5. The van der Waals surface area contributed by atoms with Gasteiger partial charge in [-0.15, -0.1) is 0 Å². The molecule has 0 radical (unpaired) electrons. The summed E-state index contributed by atoms with van der Waals surface area (Å²) in [4.78, 5) is 20.7. The molecule has 2 aromatic heterocycles. The van der Waals surface area contributed by atoms with Crippen molar-refractivity contribution in [2.75, 3.05) is 11.1 Å². The Kier molecular flexibility index (Phi) is 7.66. The van der Waals surface area contributed by atoms with Gasteiger partial charge in [-0.3, -0.25) is 10.1 Å². The molecule has 198 valence electrons. The lowest BCUT2D eigenvalue weighted by Gasteiger charge is -2.10. The number of nitrogens with zero attached hydrogens (tertiary/aromatic N) is 3. The molecule has 6 nitrogen and oxygen atoms in total. The number of carbonyl (C=O) groups is 1. The summed E-state index contributed by atoms with van der Waals surface area (Å²) in [7, 11) is 0. The first-order chi connectivity index (χ1) is 19.3. The van der Waals surface area contributed by atoms with E-state index in [1.807, 2.05) is 60.7 Å². The molecule has 0 saturated heterocycles. The minimum absolute atomic E-state index is 0.0549. The minimum atomic E-state index is -4.69. The predicted molar refractivity (Wildman–Crippen MR) is 146 cm³/mol. The van der Waals surface area contributed by atoms with Crippen LogP contribution in [0.15, 0.2) is 107 Å². The van der Waals surface area contributed by atoms with Crippen LogP contribution in [0.3, 0.4) is 0 Å². The Labute approximate surface area is 231 Å². The van der Waals surface area contributed by atoms with Gasteiger partial charge < -0.3 is 4.42 Å². The third-order valence-electron chi connectivity index (χ3n) is 5.77. The maximum Gasteiger partial charge on any atom is 0.433 e. The van der Waals surface area contributed by atoms with Gasteiger partial charge in [0.05, 0.1) is 11.4 Å². The van der Waals surface area contributed by atoms with Gasteiger partial charge in [0.25, 0.3) is 0 Å². The molecule has 0 aliphatic rings. The van der Waals surface area contributed by atoms with Crippen LogP contribution >= 0.6 is 11.8 Å². The van der Waals surface area contributed by atoms with Gasteiger partial charge in [-0.1, -0.05) is 103 Å². The number of anilines is 1. The van der Waals surface area contributed by atoms with E-state index in [1.165, 1.54) is 0 Å². The summed E-state index contributed by atoms with van der Waals surface area (Å²) < 4.78 is 46.6. The van der Waals surface area contributed by atoms with Crippen LogP contribution in [0.1, 0.15) is 11.3 Å². The average molecular weight is 557 g/mol. The molecule has 0 saturated carbocycles. The molecule has 1 amide bonds. The van der Waals surface area contributed by atoms with E-state index in [0.717, 1.165) is 23.4 Å². The number of alkyl halides is 3. The third-order valence-corrected chi connectivity index (χ3v) is 6.62. The van der Waals surface area contributed by atoms with E-state index in [9.17, 15) is 23.2 Å². The Morgan fingerprint density at radius 3 is 2.02 bits per heavy atom. The zero-order valence-electron chi connectivity index (χ0n) is 20.6. The molecule has 0 aliphatic heterocycles. The maximum atomic E-state index is 13.5. The molecule has 10 heteroatoms. The Hall–Kier alpha value is -4.88. The molecular formula is C30H19F3N4O2S. The van der Waals surface area contributed by atoms with Crippen molar-refractivity contribution in [3.63, 3.8) is 0 Å². The van der Waals surface area contributed by atoms with Crippen molar-refractivity contribution in [3.05, 3.63) is 108 Å². The van der Waals surface area contributed by atoms with Gasteiger partial charge in [0.1, 0.15) is 23.1 Å². The van der Waals surface area contributed by atoms with Gasteiger partial charge in [-0.2, -0.15) is 18.4 Å². The molecule has 0 atom stereocenters. The van der Waals surface area contributed by atoms with Crippen molar-refractivity contribution in [1.82, 2.24) is 9.97 Å². The number of aromatic nitrogens is 2. The molecule has 0 spiro atoms. The molecule has 5 rings (SSSR count). The molecule has 5 aromatic rings. The lowest BCUT2D eigenvalue weighted by Crippen LogP contribution is -2.15. The number of thioether (sulfide) groups is 1. The normalized spacial score (nSPS) is 11.2. The van der Waals surface area contributed by atoms with E-state index in [2.05, 4.69) is 21.4 Å². The number of hydrogen-bond acceptors (Lipinski definition) is 6. The van der Waals surface area contributed by atoms with Crippen LogP contribution < -0.4 is 5.32 Å². The van der Waals surface area contributed by atoms with Gasteiger partial charge in [0.2, 0.25) is 11.8 Å². The topological polar surface area (TPSA) is 91.8 Å². The van der Waals surface area contributed by atoms with Crippen molar-refractivity contribution >= 4 is 23.6 Å². The Balaban J connectivity index is 1.42. The number of nitriles is 1. The summed E-state index contributed by atoms with van der Waals surface area (Å²) in [5.74, 6) is -0.569. The second-order valence-corrected chi connectivity index (χ2v) is 9.42. The highest BCUT2D eigenvalue weighted by atomic mass is 32.2. The summed E-state index contributed by atoms with van der Waals surface area (Å²) in [6.07, 6.45) is -4.69. The summed E-state index contributed by atoms with van der Waals surface area (Å²) in [5, 5.41) is 12.4. The van der Waals surface area contributed by atoms with Crippen molar-refractivity contribution in [2.24, 2.45) is 0 Å². The maximum absolute atomic E-state index is 13.5. The van der Waals surface area contributed by atoms with Crippen LogP contribution in [0.25, 0.3) is 33.7 Å². The highest BCUT2D eigenvalue weighted by Gasteiger charge is 2.34. The van der Waals surface area contributed by atoms with E-state index < -0.39 is 17.8 Å². The van der Waals surface area contributed by atoms with E-state index in [1.54, 1.807) is 30.3 Å². The van der Waals surface area contributed by atoms with Crippen LogP contribution in [0.5, 0.6) is 0 Å². The number of benzene rings is 3. The van der Waals surface area contributed by atoms with E-state index in [0.29, 0.717) is 22.5 Å². The van der Waals surface area contributed by atoms with Crippen LogP contribution in [0, 0.1) is 11.3 Å². The minimum Gasteiger partial charge on any atom is -0.438 e. The standard InChI is InChI=1S/C30H19F3N4O2S/c31-30(32,33)24-16-23(19-10-4-1-5-11-19)35-29(36-24)40-18-25(38)37-28-22(17-34)26(20-12-6-2-7-13-20)27(39-28)21-14-8-3-9-15-21/h1-16H,18H2,(H,37,38). The van der Waals surface area contributed by atoms with Gasteiger partial charge in [0.15, 0.2) is 5.16 Å². The zero-order valence-corrected chi connectivity index (χ0v) is 21.5. The molecule has 0 bridgehead atoms. The first kappa shape index (κ1) is 26.7. The van der Waals surface area contributed by atoms with Gasteiger partial charge in [0, 0.05) is 16.7 Å². The Morgan fingerprint density at radius 1 is 0.875 bits per heavy atom. The first-order valence-electron chi connectivity index (χ1n) is 12.0. The highest BCUT2D eigenvalue weighted by molar-refractivity contribution is 7.99. The molecule has 2 heterocycles. The number of carbonyl (C=O) groups excluding carboxylic acids is 1. The number of hydrogen-bond donors (Lipinski definition) is 1. The second-order valence-electron chi connectivity index (χ2n) is 8.48. The zero-order chi connectivity index (χ0) is 28.1. The summed E-state index contributed by atoms with van der Waals surface area (Å²) in [6.45, 7) is 0. The molecule has 40 heavy (non-hydrogen) atoms. The first-order valence-corrected chi connectivity index (χ1v) is 12.9. The fourth-order valence-corrected chi connectivity index (χ4v) is 4.64. The predicted octanol–water partition coefficient (Wildman–Crippen LogP) is 7.69. The lowest BCUT2D eigenvalue weighted by atomic mass is 9.98. The van der Waals surface area contributed by atoms with Crippen molar-refractivity contribution in [2.45, 2.75) is 11.3 Å². The van der Waals surface area contributed by atoms with Crippen molar-refractivity contribution in [1.29, 1.82) is 5.26 Å². The van der Waals surface area contributed by atoms with Gasteiger partial charge in [-0.25, -0.2) is 9.97 Å². The van der Waals surface area contributed by atoms with Crippen LogP contribution in [-0.2, 0) is 11.0 Å². The SMILES string of the molecule is N#Cc1c(NC(=O)CSc2nc(-c3ccccc3)cc(C(F)(F)F)n2)oc(-c2ccccc2)c1-c1ccccc1. The van der Waals surface area contributed by atoms with Crippen molar-refractivity contribution < 1.29 is 22.4 Å². The van der Waals surface area contributed by atoms with E-state index in [4.69, 9.17) is 4.42 Å². The monoisotopic (exact) mass is 556 g/mol. The van der Waals surface area contributed by atoms with Gasteiger partial charge in [-0.05, 0) is 11.6 Å². The number of rotatable bonds is 7. The summed E-state index contributed by atoms with van der Waals surface area (Å²) in [6, 6.07) is 29.7. The summed E-state index contributed by atoms with van der Waals surface area (Å²) >= 11 is 0.745. The third kappa shape index (κ3) is 5.90. The Morgan fingerprint density at radius 2 is 1.45 bits per heavy atom. The number of amides is 1. The van der Waals surface area contributed by atoms with Crippen LogP contribution in [0.2, 0.25) is 0 Å². The largest absolute Gasteiger partial charge is 0.438 e. The van der Waals surface area contributed by atoms with E-state index in [-0.39, 0.29) is 28.1 Å². The van der Waals surface area contributed by atoms with Crippen LogP contribution in [0.4, 0.5) is 19.1 Å². The highest BCUT2D eigenvalue weighted by Crippen LogP contribution is 2.41. The van der Waals surface area contributed by atoms with Crippen LogP contribution in [-0.4, -0.2) is 21.6 Å². The fraction of sp³-hybridized carbons (Fsp3) is 0.0667. The van der Waals surface area contributed by atoms with Gasteiger partial charge >= 0.3 is 6.18 Å². The Bertz CT molecular complexity index is 1680. The number of halogens is 3. The molecule has 0 unspecified atom stereocenters. The molecule has 0 fully saturated rings. The smallest absolute Gasteiger partial charge is 0.433 e. The average Bonchev–Trinajstić information content (AvgIpc) is 3.34. The molecule has 1 N–H and O–H groups in total. The molecule has 0 aliphatic carbocycles. The molecule has 3 aromatic carbocycles. The number of furan rings is 1. The lowest BCUT2D eigenvalue weighted by molar-refractivity contribution is -0.141.